The van der Waals surface area contributed by atoms with Gasteiger partial charge in [0.05, 0.1) is 0 Å². The summed E-state index contributed by atoms with van der Waals surface area (Å²) in [7, 11) is 0. The van der Waals surface area contributed by atoms with Crippen molar-refractivity contribution in [2.45, 2.75) is 46.0 Å². The van der Waals surface area contributed by atoms with Crippen LogP contribution in [0.25, 0.3) is 0 Å². The number of rotatable bonds is 5. The van der Waals surface area contributed by atoms with E-state index < -0.39 is 0 Å². The van der Waals surface area contributed by atoms with Crippen molar-refractivity contribution in [1.82, 2.24) is 0 Å². The Bertz CT molecular complexity index is 552. The average Bonchev–Trinajstić information content (AvgIpc) is 2.77. The lowest BCUT2D eigenvalue weighted by Gasteiger charge is -2.05. The smallest absolute Gasteiger partial charge is 0.187 e. The largest absolute Gasteiger partial charge is 0.402 e. The Morgan fingerprint density at radius 1 is 1.20 bits per heavy atom. The third-order valence-electron chi connectivity index (χ3n) is 3.89. The molecule has 0 spiro atoms. The lowest BCUT2D eigenvalue weighted by atomic mass is 9.99. The van der Waals surface area contributed by atoms with E-state index in [9.17, 15) is 4.79 Å². The van der Waals surface area contributed by atoms with Crippen LogP contribution in [0.3, 0.4) is 0 Å². The van der Waals surface area contributed by atoms with Gasteiger partial charge in [0.1, 0.15) is 0 Å². The molecule has 2 N–H and O–H groups in total. The molecule has 0 saturated carbocycles. The molecule has 0 radical (unpaired) electrons. The van der Waals surface area contributed by atoms with Crippen molar-refractivity contribution in [2.75, 3.05) is 0 Å². The quantitative estimate of drug-likeness (QED) is 0.823. The van der Waals surface area contributed by atoms with Gasteiger partial charge in [-0.25, -0.2) is 0 Å². The summed E-state index contributed by atoms with van der Waals surface area (Å²) in [6.07, 6.45) is 4.21. The normalized spacial score (nSPS) is 17.8. The minimum atomic E-state index is 0.192. The van der Waals surface area contributed by atoms with Crippen LogP contribution >= 0.6 is 0 Å². The van der Waals surface area contributed by atoms with Gasteiger partial charge in [0.2, 0.25) is 0 Å². The number of hydrogen-bond acceptors (Lipinski definition) is 2. The van der Waals surface area contributed by atoms with Crippen LogP contribution in [0.1, 0.15) is 45.1 Å². The predicted octanol–water partition coefficient (Wildman–Crippen LogP) is 3.92. The van der Waals surface area contributed by atoms with Gasteiger partial charge in [0.15, 0.2) is 5.78 Å². The molecule has 0 bridgehead atoms. The molecular weight excluding hydrogens is 246 g/mol. The van der Waals surface area contributed by atoms with Crippen molar-refractivity contribution in [2.24, 2.45) is 5.73 Å². The molecule has 1 aliphatic carbocycles. The van der Waals surface area contributed by atoms with Crippen LogP contribution in [0.5, 0.6) is 0 Å². The van der Waals surface area contributed by atoms with E-state index in [1.165, 1.54) is 11.1 Å². The first kappa shape index (κ1) is 14.6. The van der Waals surface area contributed by atoms with Crippen LogP contribution in [-0.2, 0) is 11.2 Å². The van der Waals surface area contributed by atoms with E-state index >= 15 is 0 Å². The Balaban J connectivity index is 2.30. The zero-order valence-corrected chi connectivity index (χ0v) is 12.4. The van der Waals surface area contributed by atoms with Crippen LogP contribution in [-0.4, -0.2) is 5.78 Å². The second-order valence-electron chi connectivity index (χ2n) is 5.36. The minimum absolute atomic E-state index is 0.192. The molecule has 0 heterocycles. The number of nitrogens with two attached hydrogens (primary N) is 1. The van der Waals surface area contributed by atoms with Crippen LogP contribution in [0, 0.1) is 0 Å². The fourth-order valence-corrected chi connectivity index (χ4v) is 2.77. The van der Waals surface area contributed by atoms with E-state index in [4.69, 9.17) is 5.73 Å². The maximum Gasteiger partial charge on any atom is 0.187 e. The SMILES string of the molecule is CCCC1=C(Cc2ccccc2)CC(=C(N)CC)C1=O. The van der Waals surface area contributed by atoms with E-state index in [0.29, 0.717) is 0 Å². The number of carbonyl (C=O) groups excluding carboxylic acids is 1. The summed E-state index contributed by atoms with van der Waals surface area (Å²) in [5, 5.41) is 0. The summed E-state index contributed by atoms with van der Waals surface area (Å²) < 4.78 is 0. The fraction of sp³-hybridized carbons (Fsp3) is 0.389. The Kier molecular flexibility index (Phi) is 4.78. The van der Waals surface area contributed by atoms with Crippen LogP contribution in [0.2, 0.25) is 0 Å². The summed E-state index contributed by atoms with van der Waals surface area (Å²) in [5.41, 5.74) is 11.1. The van der Waals surface area contributed by atoms with E-state index in [-0.39, 0.29) is 5.78 Å². The molecule has 1 aromatic rings. The van der Waals surface area contributed by atoms with Gasteiger partial charge in [-0.15, -0.1) is 0 Å². The standard InChI is InChI=1S/C18H23NO/c1-3-8-15-14(11-13-9-6-5-7-10-13)12-16(18(15)20)17(19)4-2/h5-7,9-10H,3-4,8,11-12,19H2,1-2H3. The molecule has 106 valence electrons. The highest BCUT2D eigenvalue weighted by Gasteiger charge is 2.28. The molecule has 0 amide bonds. The summed E-state index contributed by atoms with van der Waals surface area (Å²) >= 11 is 0. The number of benzene rings is 1. The second kappa shape index (κ2) is 6.56. The minimum Gasteiger partial charge on any atom is -0.402 e. The van der Waals surface area contributed by atoms with Crippen LogP contribution < -0.4 is 5.73 Å². The van der Waals surface area contributed by atoms with Gasteiger partial charge in [0.25, 0.3) is 0 Å². The first-order valence-corrected chi connectivity index (χ1v) is 7.44. The van der Waals surface area contributed by atoms with Gasteiger partial charge in [-0.05, 0) is 36.8 Å². The summed E-state index contributed by atoms with van der Waals surface area (Å²) in [4.78, 5) is 12.5. The molecule has 0 fully saturated rings. The molecule has 2 rings (SSSR count). The lowest BCUT2D eigenvalue weighted by molar-refractivity contribution is -0.112. The highest BCUT2D eigenvalue weighted by atomic mass is 16.1. The van der Waals surface area contributed by atoms with E-state index in [2.05, 4.69) is 19.1 Å². The topological polar surface area (TPSA) is 43.1 Å². The van der Waals surface area contributed by atoms with E-state index in [1.807, 2.05) is 25.1 Å². The number of carbonyl (C=O) groups is 1. The van der Waals surface area contributed by atoms with Crippen molar-refractivity contribution < 1.29 is 4.79 Å². The second-order valence-corrected chi connectivity index (χ2v) is 5.36. The highest BCUT2D eigenvalue weighted by Crippen LogP contribution is 2.34. The first-order valence-electron chi connectivity index (χ1n) is 7.44. The van der Waals surface area contributed by atoms with Crippen molar-refractivity contribution in [1.29, 1.82) is 0 Å². The Morgan fingerprint density at radius 3 is 2.50 bits per heavy atom. The lowest BCUT2D eigenvalue weighted by Crippen LogP contribution is -2.07. The number of hydrogen-bond donors (Lipinski definition) is 1. The van der Waals surface area contributed by atoms with Gasteiger partial charge in [-0.3, -0.25) is 4.79 Å². The zero-order valence-electron chi connectivity index (χ0n) is 12.4. The van der Waals surface area contributed by atoms with Gasteiger partial charge in [-0.2, -0.15) is 0 Å². The van der Waals surface area contributed by atoms with Crippen LogP contribution in [0.4, 0.5) is 0 Å². The molecule has 0 atom stereocenters. The Labute approximate surface area is 121 Å². The molecule has 0 aromatic heterocycles. The third kappa shape index (κ3) is 3.01. The summed E-state index contributed by atoms with van der Waals surface area (Å²) in [5.74, 6) is 0.192. The number of allylic oxidation sites excluding steroid dienone is 4. The van der Waals surface area contributed by atoms with Crippen molar-refractivity contribution >= 4 is 5.78 Å². The molecule has 20 heavy (non-hydrogen) atoms. The van der Waals surface area contributed by atoms with E-state index in [1.54, 1.807) is 0 Å². The predicted molar refractivity (Wildman–Crippen MR) is 83.2 cm³/mol. The molecule has 0 saturated heterocycles. The van der Waals surface area contributed by atoms with Gasteiger partial charge < -0.3 is 5.73 Å². The molecular formula is C18H23NO. The zero-order chi connectivity index (χ0) is 14.5. The van der Waals surface area contributed by atoms with Crippen molar-refractivity contribution in [3.8, 4) is 0 Å². The van der Waals surface area contributed by atoms with Crippen molar-refractivity contribution in [3.05, 3.63) is 58.3 Å². The number of ketones is 1. The van der Waals surface area contributed by atoms with Gasteiger partial charge in [0, 0.05) is 11.3 Å². The first-order chi connectivity index (χ1) is 9.67. The maximum absolute atomic E-state index is 12.5. The molecule has 1 aliphatic rings. The average molecular weight is 269 g/mol. The Morgan fingerprint density at radius 2 is 1.90 bits per heavy atom. The van der Waals surface area contributed by atoms with Crippen LogP contribution in [0.15, 0.2) is 52.7 Å². The molecule has 0 unspecified atom stereocenters. The van der Waals surface area contributed by atoms with E-state index in [0.717, 1.165) is 48.9 Å². The molecule has 2 nitrogen and oxygen atoms in total. The van der Waals surface area contributed by atoms with Crippen molar-refractivity contribution in [3.63, 3.8) is 0 Å². The van der Waals surface area contributed by atoms with Gasteiger partial charge in [-0.1, -0.05) is 56.2 Å². The summed E-state index contributed by atoms with van der Waals surface area (Å²) in [6.45, 7) is 4.12. The van der Waals surface area contributed by atoms with Gasteiger partial charge >= 0.3 is 0 Å². The Hall–Kier alpha value is -1.83. The molecule has 0 aliphatic heterocycles. The molecule has 2 heteroatoms. The fourth-order valence-electron chi connectivity index (χ4n) is 2.77. The summed E-state index contributed by atoms with van der Waals surface area (Å²) in [6, 6.07) is 10.3. The molecule has 1 aromatic carbocycles. The highest BCUT2D eigenvalue weighted by molar-refractivity contribution is 6.12. The number of Topliss-reactive ketones (excluding diaryl/α,β-unsaturated/α-hetero) is 1. The maximum atomic E-state index is 12.5. The monoisotopic (exact) mass is 269 g/mol. The third-order valence-corrected chi connectivity index (χ3v) is 3.89.